The number of rotatable bonds is 7. The van der Waals surface area contributed by atoms with E-state index in [0.717, 1.165) is 17.9 Å². The van der Waals surface area contributed by atoms with Crippen LogP contribution in [0, 0.1) is 0 Å². The molecule has 2 N–H and O–H groups in total. The lowest BCUT2D eigenvalue weighted by molar-refractivity contribution is -0.120. The van der Waals surface area contributed by atoms with Gasteiger partial charge in [0, 0.05) is 17.0 Å². The zero-order chi connectivity index (χ0) is 14.3. The Hall–Kier alpha value is -0.770. The number of carbonyl (C=O) groups excluding carboxylic acids is 1. The first-order chi connectivity index (χ1) is 9.07. The molecule has 114 valence electrons. The van der Waals surface area contributed by atoms with Crippen LogP contribution in [0.1, 0.15) is 32.3 Å². The van der Waals surface area contributed by atoms with E-state index in [0.29, 0.717) is 13.1 Å². The minimum absolute atomic E-state index is 0. The molecular formula is C15H24Cl2N2O. The minimum atomic E-state index is -0.0199. The van der Waals surface area contributed by atoms with Gasteiger partial charge in [-0.05, 0) is 37.6 Å². The fourth-order valence-corrected chi connectivity index (χ4v) is 2.43. The SMILES string of the molecule is CCC(CC)(CNC(=O)CNC)c1ccc(Cl)cc1.Cl. The van der Waals surface area contributed by atoms with Gasteiger partial charge in [0.25, 0.3) is 0 Å². The zero-order valence-electron chi connectivity index (χ0n) is 12.3. The van der Waals surface area contributed by atoms with Crippen molar-refractivity contribution in [3.05, 3.63) is 34.9 Å². The van der Waals surface area contributed by atoms with Gasteiger partial charge in [-0.3, -0.25) is 4.79 Å². The highest BCUT2D eigenvalue weighted by Crippen LogP contribution is 2.31. The Morgan fingerprint density at radius 3 is 2.20 bits per heavy atom. The summed E-state index contributed by atoms with van der Waals surface area (Å²) in [5.41, 5.74) is 1.21. The normalized spacial score (nSPS) is 10.8. The Balaban J connectivity index is 0.00000361. The predicted molar refractivity (Wildman–Crippen MR) is 87.9 cm³/mol. The summed E-state index contributed by atoms with van der Waals surface area (Å²) in [6.45, 7) is 5.32. The summed E-state index contributed by atoms with van der Waals surface area (Å²) in [4.78, 5) is 11.6. The number of carbonyl (C=O) groups is 1. The van der Waals surface area contributed by atoms with Crippen molar-refractivity contribution < 1.29 is 4.79 Å². The van der Waals surface area contributed by atoms with E-state index in [1.807, 2.05) is 12.1 Å². The fraction of sp³-hybridized carbons (Fsp3) is 0.533. The quantitative estimate of drug-likeness (QED) is 0.810. The summed E-state index contributed by atoms with van der Waals surface area (Å²) in [7, 11) is 1.77. The molecule has 0 atom stereocenters. The minimum Gasteiger partial charge on any atom is -0.354 e. The van der Waals surface area contributed by atoms with E-state index in [1.165, 1.54) is 5.56 Å². The maximum atomic E-state index is 11.6. The third kappa shape index (κ3) is 4.97. The summed E-state index contributed by atoms with van der Waals surface area (Å²) in [6.07, 6.45) is 1.95. The molecule has 1 aromatic rings. The number of hydrogen-bond donors (Lipinski definition) is 2. The summed E-state index contributed by atoms with van der Waals surface area (Å²) in [5.74, 6) is 0.0303. The average molecular weight is 319 g/mol. The summed E-state index contributed by atoms with van der Waals surface area (Å²) in [6, 6.07) is 7.93. The number of hydrogen-bond acceptors (Lipinski definition) is 2. The molecule has 1 aromatic carbocycles. The number of amides is 1. The molecule has 0 aliphatic heterocycles. The van der Waals surface area contributed by atoms with Crippen LogP contribution in [-0.2, 0) is 10.2 Å². The molecule has 0 fully saturated rings. The van der Waals surface area contributed by atoms with Gasteiger partial charge in [0.1, 0.15) is 0 Å². The van der Waals surface area contributed by atoms with Crippen LogP contribution < -0.4 is 10.6 Å². The molecule has 0 bridgehead atoms. The lowest BCUT2D eigenvalue weighted by Crippen LogP contribution is -2.42. The van der Waals surface area contributed by atoms with E-state index in [-0.39, 0.29) is 23.7 Å². The Morgan fingerprint density at radius 2 is 1.75 bits per heavy atom. The van der Waals surface area contributed by atoms with E-state index in [2.05, 4.69) is 36.6 Å². The van der Waals surface area contributed by atoms with Gasteiger partial charge in [-0.25, -0.2) is 0 Å². The number of halogens is 2. The first-order valence-electron chi connectivity index (χ1n) is 6.75. The van der Waals surface area contributed by atoms with Crippen LogP contribution >= 0.6 is 24.0 Å². The summed E-state index contributed by atoms with van der Waals surface area (Å²) < 4.78 is 0. The van der Waals surface area contributed by atoms with Gasteiger partial charge in [0.05, 0.1) is 6.54 Å². The molecule has 1 rings (SSSR count). The first-order valence-corrected chi connectivity index (χ1v) is 7.13. The molecule has 0 saturated carbocycles. The molecule has 0 aliphatic carbocycles. The van der Waals surface area contributed by atoms with Crippen molar-refractivity contribution in [1.29, 1.82) is 0 Å². The maximum Gasteiger partial charge on any atom is 0.233 e. The zero-order valence-corrected chi connectivity index (χ0v) is 13.9. The second kappa shape index (κ2) is 9.22. The molecule has 0 saturated heterocycles. The van der Waals surface area contributed by atoms with E-state index < -0.39 is 0 Å². The van der Waals surface area contributed by atoms with E-state index in [9.17, 15) is 4.79 Å². The number of likely N-dealkylation sites (N-methyl/N-ethyl adjacent to an activating group) is 1. The molecule has 20 heavy (non-hydrogen) atoms. The van der Waals surface area contributed by atoms with Crippen molar-refractivity contribution in [3.63, 3.8) is 0 Å². The van der Waals surface area contributed by atoms with Crippen molar-refractivity contribution in [2.45, 2.75) is 32.1 Å². The van der Waals surface area contributed by atoms with Crippen LogP contribution in [-0.4, -0.2) is 26.0 Å². The van der Waals surface area contributed by atoms with Gasteiger partial charge in [-0.2, -0.15) is 0 Å². The molecule has 1 amide bonds. The Morgan fingerprint density at radius 1 is 1.20 bits per heavy atom. The van der Waals surface area contributed by atoms with Crippen LogP contribution in [0.2, 0.25) is 5.02 Å². The molecule has 0 heterocycles. The molecule has 5 heteroatoms. The Bertz CT molecular complexity index is 403. The monoisotopic (exact) mass is 318 g/mol. The summed E-state index contributed by atoms with van der Waals surface area (Å²) >= 11 is 5.94. The van der Waals surface area contributed by atoms with Crippen molar-refractivity contribution in [3.8, 4) is 0 Å². The van der Waals surface area contributed by atoms with Gasteiger partial charge < -0.3 is 10.6 Å². The van der Waals surface area contributed by atoms with Crippen LogP contribution in [0.5, 0.6) is 0 Å². The third-order valence-electron chi connectivity index (χ3n) is 3.77. The second-order valence-corrected chi connectivity index (χ2v) is 5.24. The average Bonchev–Trinajstić information content (AvgIpc) is 2.42. The Labute approximate surface area is 132 Å². The molecule has 0 radical (unpaired) electrons. The molecule has 0 unspecified atom stereocenters. The fourth-order valence-electron chi connectivity index (χ4n) is 2.30. The van der Waals surface area contributed by atoms with Gasteiger partial charge in [0.2, 0.25) is 5.91 Å². The van der Waals surface area contributed by atoms with Gasteiger partial charge >= 0.3 is 0 Å². The van der Waals surface area contributed by atoms with Crippen LogP contribution in [0.25, 0.3) is 0 Å². The van der Waals surface area contributed by atoms with Crippen LogP contribution in [0.3, 0.4) is 0 Å². The van der Waals surface area contributed by atoms with E-state index in [4.69, 9.17) is 11.6 Å². The van der Waals surface area contributed by atoms with Gasteiger partial charge in [-0.1, -0.05) is 37.6 Å². The molecule has 0 spiro atoms. The van der Waals surface area contributed by atoms with Crippen LogP contribution in [0.4, 0.5) is 0 Å². The van der Waals surface area contributed by atoms with Crippen molar-refractivity contribution >= 4 is 29.9 Å². The molecule has 0 aromatic heterocycles. The van der Waals surface area contributed by atoms with E-state index in [1.54, 1.807) is 7.05 Å². The van der Waals surface area contributed by atoms with Gasteiger partial charge in [0.15, 0.2) is 0 Å². The van der Waals surface area contributed by atoms with Crippen molar-refractivity contribution in [2.24, 2.45) is 0 Å². The standard InChI is InChI=1S/C15H23ClN2O.ClH/c1-4-15(5-2,11-18-14(19)10-17-3)12-6-8-13(16)9-7-12;/h6-9,17H,4-5,10-11H2,1-3H3,(H,18,19);1H. The summed E-state index contributed by atoms with van der Waals surface area (Å²) in [5, 5.41) is 6.60. The highest BCUT2D eigenvalue weighted by Gasteiger charge is 2.28. The number of nitrogens with one attached hydrogen (secondary N) is 2. The number of benzene rings is 1. The highest BCUT2D eigenvalue weighted by molar-refractivity contribution is 6.30. The highest BCUT2D eigenvalue weighted by atomic mass is 35.5. The lowest BCUT2D eigenvalue weighted by atomic mass is 9.76. The Kier molecular flexibility index (Phi) is 8.86. The van der Waals surface area contributed by atoms with Crippen molar-refractivity contribution in [2.75, 3.05) is 20.1 Å². The molecule has 0 aliphatic rings. The topological polar surface area (TPSA) is 41.1 Å². The van der Waals surface area contributed by atoms with E-state index >= 15 is 0 Å². The van der Waals surface area contributed by atoms with Gasteiger partial charge in [-0.15, -0.1) is 12.4 Å². The predicted octanol–water partition coefficient (Wildman–Crippen LogP) is 3.16. The smallest absolute Gasteiger partial charge is 0.233 e. The molecule has 3 nitrogen and oxygen atoms in total. The second-order valence-electron chi connectivity index (χ2n) is 4.80. The van der Waals surface area contributed by atoms with Crippen molar-refractivity contribution in [1.82, 2.24) is 10.6 Å². The maximum absolute atomic E-state index is 11.6. The third-order valence-corrected chi connectivity index (χ3v) is 4.02. The largest absolute Gasteiger partial charge is 0.354 e. The molecular weight excluding hydrogens is 295 g/mol. The van der Waals surface area contributed by atoms with Crippen LogP contribution in [0.15, 0.2) is 24.3 Å². The lowest BCUT2D eigenvalue weighted by Gasteiger charge is -2.32. The first kappa shape index (κ1) is 19.2.